The summed E-state index contributed by atoms with van der Waals surface area (Å²) in [6.07, 6.45) is 9.03. The van der Waals surface area contributed by atoms with Crippen LogP contribution in [0, 0.1) is 24.7 Å². The molecule has 5 nitrogen and oxygen atoms in total. The molecule has 5 rings (SSSR count). The van der Waals surface area contributed by atoms with Crippen molar-refractivity contribution in [3.05, 3.63) is 48.4 Å². The molecule has 0 spiro atoms. The Morgan fingerprint density at radius 1 is 1.19 bits per heavy atom. The first-order valence-electron chi connectivity index (χ1n) is 9.53. The number of nitrogen functional groups attached to an aromatic ring is 1. The summed E-state index contributed by atoms with van der Waals surface area (Å²) in [6.45, 7) is 2.06. The molecule has 5 heteroatoms. The average Bonchev–Trinajstić information content (AvgIpc) is 3.14. The maximum Gasteiger partial charge on any atom is 0.229 e. The second-order valence-corrected chi connectivity index (χ2v) is 7.82. The van der Waals surface area contributed by atoms with Gasteiger partial charge in [-0.05, 0) is 72.4 Å². The van der Waals surface area contributed by atoms with Crippen molar-refractivity contribution in [2.24, 2.45) is 17.8 Å². The lowest BCUT2D eigenvalue weighted by Crippen LogP contribution is -2.17. The van der Waals surface area contributed by atoms with E-state index in [1.165, 1.54) is 19.3 Å². The Hall–Kier alpha value is -2.95. The van der Waals surface area contributed by atoms with E-state index >= 15 is 0 Å². The number of hydrogen-bond acceptors (Lipinski definition) is 4. The van der Waals surface area contributed by atoms with Crippen LogP contribution in [0.25, 0.3) is 21.9 Å². The molecule has 1 aromatic carbocycles. The molecule has 0 bridgehead atoms. The summed E-state index contributed by atoms with van der Waals surface area (Å²) >= 11 is 0. The summed E-state index contributed by atoms with van der Waals surface area (Å²) < 4.78 is 0. The van der Waals surface area contributed by atoms with Gasteiger partial charge in [-0.3, -0.25) is 9.78 Å². The highest BCUT2D eigenvalue weighted by atomic mass is 16.2. The van der Waals surface area contributed by atoms with Gasteiger partial charge < -0.3 is 11.1 Å². The summed E-state index contributed by atoms with van der Waals surface area (Å²) in [4.78, 5) is 21.2. The van der Waals surface area contributed by atoms with Gasteiger partial charge in [-0.15, -0.1) is 0 Å². The number of benzene rings is 1. The van der Waals surface area contributed by atoms with Gasteiger partial charge in [0.05, 0.1) is 0 Å². The SMILES string of the molecule is Cc1ccncc1-c1cc(N)c2cnc(NC(=O)C3[C@H]4CCC[C@@H]34)cc2c1. The monoisotopic (exact) mass is 358 g/mol. The predicted molar refractivity (Wildman–Crippen MR) is 107 cm³/mol. The average molecular weight is 358 g/mol. The molecule has 27 heavy (non-hydrogen) atoms. The van der Waals surface area contributed by atoms with Crippen molar-refractivity contribution in [2.45, 2.75) is 26.2 Å². The van der Waals surface area contributed by atoms with Crippen LogP contribution in [0.1, 0.15) is 24.8 Å². The summed E-state index contributed by atoms with van der Waals surface area (Å²) in [7, 11) is 0. The van der Waals surface area contributed by atoms with E-state index in [1.54, 1.807) is 12.4 Å². The van der Waals surface area contributed by atoms with E-state index in [0.29, 0.717) is 23.3 Å². The number of amides is 1. The lowest BCUT2D eigenvalue weighted by molar-refractivity contribution is -0.118. The van der Waals surface area contributed by atoms with Gasteiger partial charge in [0.2, 0.25) is 5.91 Å². The molecule has 0 aliphatic heterocycles. The van der Waals surface area contributed by atoms with E-state index < -0.39 is 0 Å². The van der Waals surface area contributed by atoms with Gasteiger partial charge in [0.25, 0.3) is 0 Å². The molecule has 3 aromatic rings. The normalized spacial score (nSPS) is 23.2. The van der Waals surface area contributed by atoms with Gasteiger partial charge in [0.15, 0.2) is 0 Å². The third kappa shape index (κ3) is 2.74. The molecule has 0 saturated heterocycles. The minimum absolute atomic E-state index is 0.115. The maximum atomic E-state index is 12.5. The predicted octanol–water partition coefficient (Wildman–Crippen LogP) is 4.17. The third-order valence-electron chi connectivity index (χ3n) is 6.18. The highest BCUT2D eigenvalue weighted by Crippen LogP contribution is 2.57. The van der Waals surface area contributed by atoms with E-state index in [9.17, 15) is 4.79 Å². The zero-order chi connectivity index (χ0) is 18.5. The number of pyridine rings is 2. The Morgan fingerprint density at radius 3 is 2.78 bits per heavy atom. The molecule has 2 heterocycles. The summed E-state index contributed by atoms with van der Waals surface area (Å²) in [6, 6.07) is 7.94. The first-order chi connectivity index (χ1) is 13.1. The van der Waals surface area contributed by atoms with Gasteiger partial charge >= 0.3 is 0 Å². The summed E-state index contributed by atoms with van der Waals surface area (Å²) in [5, 5.41) is 4.87. The van der Waals surface area contributed by atoms with Crippen molar-refractivity contribution < 1.29 is 4.79 Å². The molecule has 3 N–H and O–H groups in total. The number of nitrogens with one attached hydrogen (secondary N) is 1. The van der Waals surface area contributed by atoms with Crippen LogP contribution >= 0.6 is 0 Å². The Morgan fingerprint density at radius 2 is 2.00 bits per heavy atom. The number of carbonyl (C=O) groups is 1. The number of aryl methyl sites for hydroxylation is 1. The number of anilines is 2. The van der Waals surface area contributed by atoms with Crippen LogP contribution in [0.15, 0.2) is 42.9 Å². The number of hydrogen-bond donors (Lipinski definition) is 2. The van der Waals surface area contributed by atoms with Crippen molar-refractivity contribution in [1.82, 2.24) is 9.97 Å². The highest BCUT2D eigenvalue weighted by molar-refractivity contribution is 6.00. The van der Waals surface area contributed by atoms with Crippen molar-refractivity contribution in [3.8, 4) is 11.1 Å². The number of fused-ring (bicyclic) bond motifs is 2. The molecule has 136 valence electrons. The molecule has 2 aromatic heterocycles. The summed E-state index contributed by atoms with van der Waals surface area (Å²) in [5.74, 6) is 2.09. The summed E-state index contributed by atoms with van der Waals surface area (Å²) in [5.41, 5.74) is 10.2. The topological polar surface area (TPSA) is 80.9 Å². The number of rotatable bonds is 3. The van der Waals surface area contributed by atoms with Crippen LogP contribution in [-0.2, 0) is 4.79 Å². The van der Waals surface area contributed by atoms with Crippen LogP contribution in [0.4, 0.5) is 11.5 Å². The van der Waals surface area contributed by atoms with Gasteiger partial charge in [-0.2, -0.15) is 0 Å². The van der Waals surface area contributed by atoms with E-state index in [0.717, 1.165) is 27.5 Å². The minimum atomic E-state index is 0.115. The molecule has 2 saturated carbocycles. The first kappa shape index (κ1) is 16.2. The fourth-order valence-corrected chi connectivity index (χ4v) is 4.70. The van der Waals surface area contributed by atoms with Gasteiger partial charge in [-0.1, -0.05) is 6.42 Å². The smallest absolute Gasteiger partial charge is 0.229 e. The number of nitrogens with zero attached hydrogens (tertiary/aromatic N) is 2. The zero-order valence-electron chi connectivity index (χ0n) is 15.3. The van der Waals surface area contributed by atoms with Crippen molar-refractivity contribution in [3.63, 3.8) is 0 Å². The van der Waals surface area contributed by atoms with Crippen LogP contribution in [0.2, 0.25) is 0 Å². The van der Waals surface area contributed by atoms with Crippen molar-refractivity contribution >= 4 is 28.2 Å². The van der Waals surface area contributed by atoms with Crippen LogP contribution in [0.3, 0.4) is 0 Å². The van der Waals surface area contributed by atoms with E-state index in [-0.39, 0.29) is 11.8 Å². The minimum Gasteiger partial charge on any atom is -0.398 e. The zero-order valence-corrected chi connectivity index (χ0v) is 15.3. The number of nitrogens with two attached hydrogens (primary N) is 1. The standard InChI is InChI=1S/C22H22N4O/c1-12-5-6-24-10-17(12)13-7-14-9-20(25-11-18(14)19(23)8-13)26-22(27)21-15-3-2-4-16(15)21/h5-11,15-16,21H,2-4,23H2,1H3,(H,25,26,27)/t15-,16+,21?. The molecular weight excluding hydrogens is 336 g/mol. The Balaban J connectivity index is 1.47. The Labute approximate surface area is 158 Å². The molecular formula is C22H22N4O. The lowest BCUT2D eigenvalue weighted by atomic mass is 9.99. The van der Waals surface area contributed by atoms with Crippen LogP contribution in [-0.4, -0.2) is 15.9 Å². The largest absolute Gasteiger partial charge is 0.398 e. The second kappa shape index (κ2) is 6.05. The molecule has 1 unspecified atom stereocenters. The van der Waals surface area contributed by atoms with Gasteiger partial charge in [-0.25, -0.2) is 4.98 Å². The van der Waals surface area contributed by atoms with E-state index in [1.807, 2.05) is 24.4 Å². The highest BCUT2D eigenvalue weighted by Gasteiger charge is 2.56. The molecule has 2 aliphatic rings. The van der Waals surface area contributed by atoms with Gasteiger partial charge in [0.1, 0.15) is 5.82 Å². The van der Waals surface area contributed by atoms with Crippen molar-refractivity contribution in [2.75, 3.05) is 11.1 Å². The molecule has 2 fully saturated rings. The third-order valence-corrected chi connectivity index (χ3v) is 6.18. The Bertz CT molecular complexity index is 1050. The van der Waals surface area contributed by atoms with E-state index in [2.05, 4.69) is 28.3 Å². The first-order valence-corrected chi connectivity index (χ1v) is 9.53. The van der Waals surface area contributed by atoms with Crippen LogP contribution < -0.4 is 11.1 Å². The van der Waals surface area contributed by atoms with Crippen LogP contribution in [0.5, 0.6) is 0 Å². The maximum absolute atomic E-state index is 12.5. The number of aromatic nitrogens is 2. The second-order valence-electron chi connectivity index (χ2n) is 7.82. The number of carbonyl (C=O) groups excluding carboxylic acids is 1. The Kier molecular flexibility index (Phi) is 3.64. The molecule has 2 aliphatic carbocycles. The lowest BCUT2D eigenvalue weighted by Gasteiger charge is -2.11. The molecule has 0 radical (unpaired) electrons. The quantitative estimate of drug-likeness (QED) is 0.689. The van der Waals surface area contributed by atoms with Gasteiger partial charge in [0, 0.05) is 41.1 Å². The fourth-order valence-electron chi connectivity index (χ4n) is 4.70. The molecule has 1 amide bonds. The van der Waals surface area contributed by atoms with Crippen molar-refractivity contribution in [1.29, 1.82) is 0 Å². The fraction of sp³-hybridized carbons (Fsp3) is 0.318. The van der Waals surface area contributed by atoms with E-state index in [4.69, 9.17) is 5.73 Å². The molecule has 3 atom stereocenters.